The molecule has 0 aliphatic heterocycles. The zero-order chi connectivity index (χ0) is 19.9. The van der Waals surface area contributed by atoms with Crippen LogP contribution >= 0.6 is 23.2 Å². The van der Waals surface area contributed by atoms with Gasteiger partial charge in [0.05, 0.1) is 16.7 Å². The molecular weight excluding hydrogens is 387 g/mol. The van der Waals surface area contributed by atoms with Crippen LogP contribution < -0.4 is 4.74 Å². The fourth-order valence-electron chi connectivity index (χ4n) is 2.58. The lowest BCUT2D eigenvalue weighted by Crippen LogP contribution is -2.08. The van der Waals surface area contributed by atoms with E-state index in [-0.39, 0.29) is 11.9 Å². The third-order valence-electron chi connectivity index (χ3n) is 4.15. The van der Waals surface area contributed by atoms with E-state index in [1.165, 1.54) is 31.7 Å². The van der Waals surface area contributed by atoms with Gasteiger partial charge >= 0.3 is 11.9 Å². The molecule has 0 fully saturated rings. The number of unbranched alkanes of at least 4 members (excludes halogenated alkanes) is 7. The van der Waals surface area contributed by atoms with Crippen LogP contribution in [-0.2, 0) is 14.3 Å². The van der Waals surface area contributed by atoms with E-state index in [0.29, 0.717) is 41.7 Å². The van der Waals surface area contributed by atoms with Gasteiger partial charge in [0.1, 0.15) is 5.75 Å². The first-order valence-corrected chi connectivity index (χ1v) is 10.6. The minimum Gasteiger partial charge on any atom is -0.466 e. The second-order valence-corrected chi connectivity index (χ2v) is 7.41. The molecule has 0 unspecified atom stereocenters. The number of halogens is 2. The summed E-state index contributed by atoms with van der Waals surface area (Å²) < 4.78 is 10.4. The summed E-state index contributed by atoms with van der Waals surface area (Å²) in [4.78, 5) is 23.4. The van der Waals surface area contributed by atoms with Crippen molar-refractivity contribution >= 4 is 35.1 Å². The molecule has 0 saturated heterocycles. The minimum absolute atomic E-state index is 0.151. The highest BCUT2D eigenvalue weighted by Crippen LogP contribution is 2.26. The van der Waals surface area contributed by atoms with Gasteiger partial charge in [0.25, 0.3) is 0 Å². The molecule has 0 heterocycles. The molecule has 1 aromatic rings. The largest absolute Gasteiger partial charge is 0.466 e. The van der Waals surface area contributed by atoms with Crippen molar-refractivity contribution < 1.29 is 19.1 Å². The first-order valence-electron chi connectivity index (χ1n) is 9.84. The van der Waals surface area contributed by atoms with Gasteiger partial charge < -0.3 is 9.47 Å². The average Bonchev–Trinajstić information content (AvgIpc) is 2.63. The highest BCUT2D eigenvalue weighted by atomic mass is 35.5. The predicted octanol–water partition coefficient (Wildman–Crippen LogP) is 6.75. The second kappa shape index (κ2) is 14.8. The maximum atomic E-state index is 11.8. The Morgan fingerprint density at radius 1 is 0.815 bits per heavy atom. The van der Waals surface area contributed by atoms with Crippen LogP contribution in [0.25, 0.3) is 0 Å². The first-order chi connectivity index (χ1) is 13.0. The van der Waals surface area contributed by atoms with Crippen LogP contribution in [0.2, 0.25) is 10.0 Å². The standard InChI is InChI=1S/C21H30Cl2O4/c1-2-3-4-5-6-10-15-26-20(24)11-8-7-9-12-21(25)27-17-13-14-18(22)19(23)16-17/h13-14,16H,2-12,15H2,1H3. The molecular formula is C21H30Cl2O4. The van der Waals surface area contributed by atoms with Crippen molar-refractivity contribution in [2.24, 2.45) is 0 Å². The smallest absolute Gasteiger partial charge is 0.311 e. The Morgan fingerprint density at radius 3 is 2.15 bits per heavy atom. The third kappa shape index (κ3) is 11.9. The number of hydrogen-bond donors (Lipinski definition) is 0. The van der Waals surface area contributed by atoms with Crippen LogP contribution in [0.5, 0.6) is 5.75 Å². The van der Waals surface area contributed by atoms with Gasteiger partial charge in [-0.25, -0.2) is 0 Å². The normalized spacial score (nSPS) is 10.6. The highest BCUT2D eigenvalue weighted by Gasteiger charge is 2.08. The minimum atomic E-state index is -0.320. The number of carbonyl (C=O) groups is 2. The summed E-state index contributed by atoms with van der Waals surface area (Å²) in [5, 5.41) is 0.765. The number of hydrogen-bond acceptors (Lipinski definition) is 4. The number of rotatable bonds is 14. The fourth-order valence-corrected chi connectivity index (χ4v) is 2.87. The van der Waals surface area contributed by atoms with Crippen LogP contribution in [0.4, 0.5) is 0 Å². The summed E-state index contributed by atoms with van der Waals surface area (Å²) in [7, 11) is 0. The van der Waals surface area contributed by atoms with Gasteiger partial charge in [-0.1, -0.05) is 68.7 Å². The van der Waals surface area contributed by atoms with E-state index in [9.17, 15) is 9.59 Å². The van der Waals surface area contributed by atoms with Gasteiger partial charge in [0.15, 0.2) is 0 Å². The topological polar surface area (TPSA) is 52.6 Å². The lowest BCUT2D eigenvalue weighted by molar-refractivity contribution is -0.143. The van der Waals surface area contributed by atoms with Crippen LogP contribution in [0.3, 0.4) is 0 Å². The molecule has 27 heavy (non-hydrogen) atoms. The number of carbonyl (C=O) groups excluding carboxylic acids is 2. The van der Waals surface area contributed by atoms with Crippen molar-refractivity contribution in [2.75, 3.05) is 6.61 Å². The summed E-state index contributed by atoms with van der Waals surface area (Å²) in [6, 6.07) is 4.71. The maximum Gasteiger partial charge on any atom is 0.311 e. The highest BCUT2D eigenvalue weighted by molar-refractivity contribution is 6.42. The Hall–Kier alpha value is -1.26. The molecule has 0 aliphatic rings. The van der Waals surface area contributed by atoms with Crippen LogP contribution in [0.15, 0.2) is 18.2 Å². The summed E-state index contributed by atoms with van der Waals surface area (Å²) in [5.74, 6) is -0.0892. The molecule has 6 heteroatoms. The Balaban J connectivity index is 2.00. The van der Waals surface area contributed by atoms with E-state index in [2.05, 4.69) is 6.92 Å². The lowest BCUT2D eigenvalue weighted by atomic mass is 10.1. The molecule has 0 saturated carbocycles. The molecule has 0 N–H and O–H groups in total. The summed E-state index contributed by atoms with van der Waals surface area (Å²) in [5.41, 5.74) is 0. The number of ether oxygens (including phenoxy) is 2. The molecule has 0 radical (unpaired) electrons. The van der Waals surface area contributed by atoms with Crippen molar-refractivity contribution in [3.05, 3.63) is 28.2 Å². The first kappa shape index (κ1) is 23.8. The Bertz CT molecular complexity index is 575. The Morgan fingerprint density at radius 2 is 1.44 bits per heavy atom. The van der Waals surface area contributed by atoms with Crippen LogP contribution in [-0.4, -0.2) is 18.5 Å². The summed E-state index contributed by atoms with van der Waals surface area (Å²) in [6.45, 7) is 2.71. The monoisotopic (exact) mass is 416 g/mol. The van der Waals surface area contributed by atoms with Gasteiger partial charge in [-0.2, -0.15) is 0 Å². The molecule has 4 nitrogen and oxygen atoms in total. The van der Waals surface area contributed by atoms with Crippen LogP contribution in [0, 0.1) is 0 Å². The van der Waals surface area contributed by atoms with Gasteiger partial charge in [-0.05, 0) is 31.4 Å². The molecule has 0 atom stereocenters. The van der Waals surface area contributed by atoms with E-state index < -0.39 is 0 Å². The molecule has 152 valence electrons. The molecule has 0 spiro atoms. The molecule has 0 aromatic heterocycles. The van der Waals surface area contributed by atoms with Gasteiger partial charge in [0, 0.05) is 18.9 Å². The second-order valence-electron chi connectivity index (χ2n) is 6.60. The quantitative estimate of drug-likeness (QED) is 0.191. The average molecular weight is 417 g/mol. The third-order valence-corrected chi connectivity index (χ3v) is 4.88. The van der Waals surface area contributed by atoms with E-state index in [1.807, 2.05) is 0 Å². The summed E-state index contributed by atoms with van der Waals surface area (Å²) >= 11 is 11.7. The molecule has 1 aromatic carbocycles. The molecule has 1 rings (SSSR count). The zero-order valence-electron chi connectivity index (χ0n) is 16.1. The van der Waals surface area contributed by atoms with Crippen LogP contribution in [0.1, 0.15) is 77.6 Å². The van der Waals surface area contributed by atoms with Crippen molar-refractivity contribution in [1.29, 1.82) is 0 Å². The predicted molar refractivity (Wildman–Crippen MR) is 110 cm³/mol. The number of benzene rings is 1. The van der Waals surface area contributed by atoms with Gasteiger partial charge in [-0.15, -0.1) is 0 Å². The van der Waals surface area contributed by atoms with Gasteiger partial charge in [-0.3, -0.25) is 9.59 Å². The van der Waals surface area contributed by atoms with E-state index in [4.69, 9.17) is 32.7 Å². The van der Waals surface area contributed by atoms with E-state index in [0.717, 1.165) is 25.7 Å². The Kier molecular flexibility index (Phi) is 13.0. The molecule has 0 aliphatic carbocycles. The molecule has 0 amide bonds. The van der Waals surface area contributed by atoms with Crippen molar-refractivity contribution in [3.63, 3.8) is 0 Å². The van der Waals surface area contributed by atoms with E-state index in [1.54, 1.807) is 12.1 Å². The molecule has 0 bridgehead atoms. The number of esters is 2. The Labute approximate surface area is 172 Å². The fraction of sp³-hybridized carbons (Fsp3) is 0.619. The van der Waals surface area contributed by atoms with Gasteiger partial charge in [0.2, 0.25) is 0 Å². The van der Waals surface area contributed by atoms with Crippen molar-refractivity contribution in [1.82, 2.24) is 0 Å². The zero-order valence-corrected chi connectivity index (χ0v) is 17.6. The summed E-state index contributed by atoms with van der Waals surface area (Å²) in [6.07, 6.45) is 9.92. The van der Waals surface area contributed by atoms with E-state index >= 15 is 0 Å². The SMILES string of the molecule is CCCCCCCCOC(=O)CCCCCC(=O)Oc1ccc(Cl)c(Cl)c1. The van der Waals surface area contributed by atoms with Crippen molar-refractivity contribution in [3.8, 4) is 5.75 Å². The lowest BCUT2D eigenvalue weighted by Gasteiger charge is -2.06. The maximum absolute atomic E-state index is 11.8. The van der Waals surface area contributed by atoms with Crippen molar-refractivity contribution in [2.45, 2.75) is 77.6 Å².